The second-order valence-electron chi connectivity index (χ2n) is 22.6. The van der Waals surface area contributed by atoms with Gasteiger partial charge >= 0.3 is 0 Å². The molecule has 0 saturated carbocycles. The summed E-state index contributed by atoms with van der Waals surface area (Å²) in [7, 11) is 0. The van der Waals surface area contributed by atoms with Gasteiger partial charge in [0.15, 0.2) is 0 Å². The standard InChI is InChI=1S/C65H66F2N4O/c1-39(2)42-23-28-58-60(34-42)70(63-52(40(3)4)32-43(33-53(63)41(5)6)49-26-24-45(66)35-56(49)67)38-69(58)46-30-44(62-54(64(7,8)9)19-17-20-55(62)65(10,11)12)31-48(36-46)72-47-25-27-51-50-18-13-14-21-57(50)71(59(51)37-47)61-22-15-16-29-68-61/h13-37,39-41H,38H2,1-12H3. The fraction of sp³-hybridized carbons (Fsp3) is 0.277. The molecule has 0 spiro atoms. The lowest BCUT2D eigenvalue weighted by Gasteiger charge is -2.31. The number of hydrogen-bond acceptors (Lipinski definition) is 4. The number of anilines is 4. The maximum Gasteiger partial charge on any atom is 0.137 e. The number of pyridine rings is 1. The Kier molecular flexibility index (Phi) is 12.4. The van der Waals surface area contributed by atoms with Crippen LogP contribution in [0.4, 0.5) is 31.5 Å². The van der Waals surface area contributed by atoms with Gasteiger partial charge in [0.1, 0.15) is 35.6 Å². The SMILES string of the molecule is CC(C)c1ccc2c(c1)N(c1c(C(C)C)cc(-c3ccc(F)cc3F)cc1C(C)C)CN2c1cc(Oc2ccc3c4ccccc4n(-c4ccccn4)c3c2)cc(-c2c(C(C)(C)C)cccc2C(C)(C)C)c1. The van der Waals surface area contributed by atoms with Gasteiger partial charge in [-0.1, -0.05) is 132 Å². The van der Waals surface area contributed by atoms with Crippen molar-refractivity contribution in [2.75, 3.05) is 16.5 Å². The maximum absolute atomic E-state index is 15.6. The average molecular weight is 957 g/mol. The minimum absolute atomic E-state index is 0.0912. The Morgan fingerprint density at radius 2 is 1.22 bits per heavy atom. The van der Waals surface area contributed by atoms with Crippen molar-refractivity contribution >= 4 is 44.6 Å². The Hall–Kier alpha value is -7.25. The van der Waals surface area contributed by atoms with Crippen molar-refractivity contribution in [2.45, 2.75) is 112 Å². The van der Waals surface area contributed by atoms with Gasteiger partial charge in [-0.2, -0.15) is 0 Å². The van der Waals surface area contributed by atoms with E-state index in [0.29, 0.717) is 18.2 Å². The van der Waals surface area contributed by atoms with E-state index in [1.165, 1.54) is 28.3 Å². The molecule has 2 aromatic heterocycles. The van der Waals surface area contributed by atoms with Crippen molar-refractivity contribution in [1.29, 1.82) is 0 Å². The molecular formula is C65H66F2N4O. The zero-order valence-corrected chi connectivity index (χ0v) is 43.8. The summed E-state index contributed by atoms with van der Waals surface area (Å²) in [6.45, 7) is 27.6. The van der Waals surface area contributed by atoms with Gasteiger partial charge in [0.25, 0.3) is 0 Å². The molecule has 72 heavy (non-hydrogen) atoms. The van der Waals surface area contributed by atoms with Gasteiger partial charge < -0.3 is 14.5 Å². The quantitative estimate of drug-likeness (QED) is 0.137. The predicted octanol–water partition coefficient (Wildman–Crippen LogP) is 18.8. The lowest BCUT2D eigenvalue weighted by molar-refractivity contribution is 0.483. The summed E-state index contributed by atoms with van der Waals surface area (Å²) in [5.74, 6) is 1.61. The van der Waals surface area contributed by atoms with Gasteiger partial charge in [0.05, 0.1) is 22.4 Å². The van der Waals surface area contributed by atoms with E-state index in [4.69, 9.17) is 9.72 Å². The van der Waals surface area contributed by atoms with E-state index in [0.717, 1.165) is 90.2 Å². The third-order valence-corrected chi connectivity index (χ3v) is 14.4. The summed E-state index contributed by atoms with van der Waals surface area (Å²) in [6.07, 6.45) is 1.84. The van der Waals surface area contributed by atoms with Gasteiger partial charge in [-0.3, -0.25) is 4.57 Å². The third-order valence-electron chi connectivity index (χ3n) is 14.4. The first-order valence-electron chi connectivity index (χ1n) is 25.5. The van der Waals surface area contributed by atoms with E-state index in [2.05, 4.69) is 207 Å². The Balaban J connectivity index is 1.19. The van der Waals surface area contributed by atoms with E-state index in [1.54, 1.807) is 6.07 Å². The van der Waals surface area contributed by atoms with Crippen molar-refractivity contribution < 1.29 is 13.5 Å². The first kappa shape index (κ1) is 48.4. The van der Waals surface area contributed by atoms with Crippen LogP contribution in [0.25, 0.3) is 49.9 Å². The lowest BCUT2D eigenvalue weighted by atomic mass is 9.74. The molecule has 0 amide bonds. The molecular weight excluding hydrogens is 891 g/mol. The molecule has 7 heteroatoms. The highest BCUT2D eigenvalue weighted by molar-refractivity contribution is 6.09. The predicted molar refractivity (Wildman–Crippen MR) is 298 cm³/mol. The number of para-hydroxylation sites is 1. The number of aromatic nitrogens is 2. The first-order chi connectivity index (χ1) is 34.3. The molecule has 0 aliphatic carbocycles. The van der Waals surface area contributed by atoms with E-state index in [-0.39, 0.29) is 22.7 Å². The van der Waals surface area contributed by atoms with Crippen LogP contribution < -0.4 is 14.5 Å². The Morgan fingerprint density at radius 1 is 0.542 bits per heavy atom. The molecule has 0 atom stereocenters. The number of benzene rings is 7. The molecule has 0 bridgehead atoms. The average Bonchev–Trinajstić information content (AvgIpc) is 3.88. The normalized spacial score (nSPS) is 13.1. The van der Waals surface area contributed by atoms with Crippen LogP contribution >= 0.6 is 0 Å². The Morgan fingerprint density at radius 3 is 1.86 bits per heavy atom. The topological polar surface area (TPSA) is 33.5 Å². The summed E-state index contributed by atoms with van der Waals surface area (Å²) in [6, 6.07) is 49.4. The Bertz CT molecular complexity index is 3460. The van der Waals surface area contributed by atoms with E-state index < -0.39 is 11.6 Å². The summed E-state index contributed by atoms with van der Waals surface area (Å²) in [5.41, 5.74) is 15.5. The molecule has 7 aromatic carbocycles. The fourth-order valence-electron chi connectivity index (χ4n) is 10.7. The zero-order chi connectivity index (χ0) is 51.0. The zero-order valence-electron chi connectivity index (χ0n) is 43.8. The molecule has 0 unspecified atom stereocenters. The summed E-state index contributed by atoms with van der Waals surface area (Å²) in [4.78, 5) is 9.69. The number of ether oxygens (including phenoxy) is 1. The van der Waals surface area contributed by atoms with Crippen molar-refractivity contribution in [2.24, 2.45) is 0 Å². The van der Waals surface area contributed by atoms with Crippen LogP contribution in [0.2, 0.25) is 0 Å². The molecule has 366 valence electrons. The Labute approximate surface area is 424 Å². The number of hydrogen-bond donors (Lipinski definition) is 0. The van der Waals surface area contributed by atoms with Crippen LogP contribution in [0, 0.1) is 11.6 Å². The minimum atomic E-state index is -0.588. The molecule has 9 aromatic rings. The fourth-order valence-corrected chi connectivity index (χ4v) is 10.7. The van der Waals surface area contributed by atoms with Crippen molar-refractivity contribution in [3.05, 3.63) is 191 Å². The van der Waals surface area contributed by atoms with Crippen molar-refractivity contribution in [1.82, 2.24) is 9.55 Å². The number of fused-ring (bicyclic) bond motifs is 4. The van der Waals surface area contributed by atoms with Crippen LogP contribution in [-0.2, 0) is 10.8 Å². The first-order valence-corrected chi connectivity index (χ1v) is 25.5. The molecule has 0 radical (unpaired) electrons. The summed E-state index contributed by atoms with van der Waals surface area (Å²) < 4.78 is 39.3. The third kappa shape index (κ3) is 8.82. The molecule has 0 N–H and O–H groups in total. The van der Waals surface area contributed by atoms with Crippen molar-refractivity contribution in [3.63, 3.8) is 0 Å². The van der Waals surface area contributed by atoms with Gasteiger partial charge in [-0.15, -0.1) is 0 Å². The van der Waals surface area contributed by atoms with Crippen LogP contribution in [0.1, 0.15) is 129 Å². The second-order valence-corrected chi connectivity index (χ2v) is 22.6. The molecule has 1 aliphatic heterocycles. The van der Waals surface area contributed by atoms with Gasteiger partial charge in [-0.05, 0) is 152 Å². The highest BCUT2D eigenvalue weighted by Gasteiger charge is 2.34. The smallest absolute Gasteiger partial charge is 0.137 e. The molecule has 10 rings (SSSR count). The highest BCUT2D eigenvalue weighted by Crippen LogP contribution is 2.52. The minimum Gasteiger partial charge on any atom is -0.457 e. The van der Waals surface area contributed by atoms with Crippen LogP contribution in [0.15, 0.2) is 152 Å². The van der Waals surface area contributed by atoms with Gasteiger partial charge in [0.2, 0.25) is 0 Å². The molecule has 0 fully saturated rings. The monoisotopic (exact) mass is 957 g/mol. The van der Waals surface area contributed by atoms with E-state index in [1.807, 2.05) is 24.4 Å². The molecule has 0 saturated heterocycles. The van der Waals surface area contributed by atoms with Crippen molar-refractivity contribution in [3.8, 4) is 39.6 Å². The molecule has 5 nitrogen and oxygen atoms in total. The van der Waals surface area contributed by atoms with Crippen LogP contribution in [-0.4, -0.2) is 16.2 Å². The maximum atomic E-state index is 15.6. The van der Waals surface area contributed by atoms with Crippen LogP contribution in [0.3, 0.4) is 0 Å². The lowest BCUT2D eigenvalue weighted by Crippen LogP contribution is -2.26. The van der Waals surface area contributed by atoms with E-state index >= 15 is 4.39 Å². The van der Waals surface area contributed by atoms with Gasteiger partial charge in [-0.25, -0.2) is 13.8 Å². The largest absolute Gasteiger partial charge is 0.457 e. The number of halogens is 2. The van der Waals surface area contributed by atoms with Gasteiger partial charge in [0, 0.05) is 52.1 Å². The summed E-state index contributed by atoms with van der Waals surface area (Å²) in [5, 5.41) is 2.28. The highest BCUT2D eigenvalue weighted by atomic mass is 19.1. The molecule has 3 heterocycles. The second kappa shape index (κ2) is 18.4. The van der Waals surface area contributed by atoms with E-state index in [9.17, 15) is 4.39 Å². The van der Waals surface area contributed by atoms with Crippen LogP contribution in [0.5, 0.6) is 11.5 Å². The number of nitrogens with zero attached hydrogens (tertiary/aromatic N) is 4. The molecule has 1 aliphatic rings. The number of rotatable bonds is 10. The summed E-state index contributed by atoms with van der Waals surface area (Å²) >= 11 is 0.